The molecule has 0 amide bonds. The molecule has 0 aliphatic carbocycles. The normalized spacial score (nSPS) is 27.1. The molecular weight excluding hydrogens is 343 g/mol. The van der Waals surface area contributed by atoms with E-state index in [0.717, 1.165) is 16.8 Å². The number of alkyl halides is 3. The van der Waals surface area contributed by atoms with Crippen LogP contribution in [0.4, 0.5) is 19.0 Å². The van der Waals surface area contributed by atoms with E-state index in [1.54, 1.807) is 5.48 Å². The number of hydrogen-bond donors (Lipinski definition) is 4. The van der Waals surface area contributed by atoms with Crippen LogP contribution in [0.15, 0.2) is 17.1 Å². The number of ether oxygens (including phenoxy) is 1. The molecule has 0 radical (unpaired) electrons. The lowest BCUT2D eigenvalue weighted by molar-refractivity contribution is -0.196. The van der Waals surface area contributed by atoms with Gasteiger partial charge in [-0.05, 0) is 0 Å². The van der Waals surface area contributed by atoms with Gasteiger partial charge in [-0.1, -0.05) is 0 Å². The van der Waals surface area contributed by atoms with Gasteiger partial charge < -0.3 is 24.9 Å². The molecule has 0 aromatic carbocycles. The van der Waals surface area contributed by atoms with Crippen LogP contribution in [0, 0.1) is 0 Å². The summed E-state index contributed by atoms with van der Waals surface area (Å²) in [5.41, 5.74) is 0.491. The molecule has 1 aliphatic heterocycles. The summed E-state index contributed by atoms with van der Waals surface area (Å²) >= 11 is 0. The quantitative estimate of drug-likeness (QED) is 0.464. The van der Waals surface area contributed by atoms with Crippen molar-refractivity contribution in [3.8, 4) is 0 Å². The predicted octanol–water partition coefficient (Wildman–Crippen LogP) is -1.71. The average molecular weight is 355 g/mol. The summed E-state index contributed by atoms with van der Waals surface area (Å²) in [7, 11) is 0. The maximum atomic E-state index is 12.0. The fourth-order valence-electron chi connectivity index (χ4n) is 1.93. The van der Waals surface area contributed by atoms with E-state index in [1.165, 1.54) is 0 Å². The van der Waals surface area contributed by atoms with E-state index in [2.05, 4.69) is 9.82 Å². The lowest BCUT2D eigenvalue weighted by Gasteiger charge is -2.17. The fraction of sp³-hybridized carbons (Fsp3) is 0.545. The van der Waals surface area contributed by atoms with Gasteiger partial charge in [0.1, 0.15) is 18.3 Å². The Kier molecular flexibility index (Phi) is 5.08. The molecule has 1 saturated heterocycles. The highest BCUT2D eigenvalue weighted by Crippen LogP contribution is 2.28. The maximum Gasteiger partial charge on any atom is 0.493 e. The van der Waals surface area contributed by atoms with Crippen LogP contribution in [0.1, 0.15) is 6.23 Å². The number of rotatable bonds is 4. The number of carbonyl (C=O) groups excluding carboxylic acids is 1. The summed E-state index contributed by atoms with van der Waals surface area (Å²) in [6.45, 7) is -0.607. The van der Waals surface area contributed by atoms with Gasteiger partial charge in [-0.3, -0.25) is 4.57 Å². The van der Waals surface area contributed by atoms with Crippen molar-refractivity contribution in [1.29, 1.82) is 0 Å². The van der Waals surface area contributed by atoms with Crippen molar-refractivity contribution in [2.75, 3.05) is 12.1 Å². The third-order valence-corrected chi connectivity index (χ3v) is 3.10. The Balaban J connectivity index is 2.11. The van der Waals surface area contributed by atoms with Gasteiger partial charge in [0, 0.05) is 12.3 Å². The van der Waals surface area contributed by atoms with Gasteiger partial charge in [0.2, 0.25) is 0 Å². The lowest BCUT2D eigenvalue weighted by Crippen LogP contribution is -2.36. The van der Waals surface area contributed by atoms with Gasteiger partial charge in [-0.2, -0.15) is 23.6 Å². The van der Waals surface area contributed by atoms with Crippen LogP contribution < -0.4 is 11.2 Å². The third kappa shape index (κ3) is 3.64. The minimum Gasteiger partial charge on any atom is -0.394 e. The van der Waals surface area contributed by atoms with Gasteiger partial charge in [-0.15, -0.1) is 0 Å². The highest BCUT2D eigenvalue weighted by Gasteiger charge is 2.44. The molecule has 1 aliphatic rings. The van der Waals surface area contributed by atoms with Gasteiger partial charge in [0.15, 0.2) is 12.0 Å². The van der Waals surface area contributed by atoms with Crippen molar-refractivity contribution in [1.82, 2.24) is 9.55 Å². The molecule has 13 heteroatoms. The summed E-state index contributed by atoms with van der Waals surface area (Å²) in [4.78, 5) is 29.4. The smallest absolute Gasteiger partial charge is 0.394 e. The van der Waals surface area contributed by atoms with Crippen molar-refractivity contribution in [3.63, 3.8) is 0 Å². The van der Waals surface area contributed by atoms with E-state index < -0.39 is 54.8 Å². The Morgan fingerprint density at radius 1 is 1.42 bits per heavy atom. The van der Waals surface area contributed by atoms with E-state index in [0.29, 0.717) is 0 Å². The largest absolute Gasteiger partial charge is 0.493 e. The maximum absolute atomic E-state index is 12.0. The topological polar surface area (TPSA) is 143 Å². The molecule has 10 nitrogen and oxygen atoms in total. The Hall–Kier alpha value is -2.22. The predicted molar refractivity (Wildman–Crippen MR) is 67.3 cm³/mol. The van der Waals surface area contributed by atoms with Crippen LogP contribution in [-0.2, 0) is 14.4 Å². The molecule has 0 saturated carbocycles. The van der Waals surface area contributed by atoms with Crippen molar-refractivity contribution in [2.24, 2.45) is 0 Å². The summed E-state index contributed by atoms with van der Waals surface area (Å²) in [6, 6.07) is 0.972. The number of halogens is 3. The van der Waals surface area contributed by atoms with E-state index in [9.17, 15) is 33.0 Å². The second-order valence-electron chi connectivity index (χ2n) is 4.72. The molecule has 1 fully saturated rings. The molecule has 2 rings (SSSR count). The average Bonchev–Trinajstić information content (AvgIpc) is 2.79. The Morgan fingerprint density at radius 3 is 2.58 bits per heavy atom. The number of aliphatic hydroxyl groups excluding tert-OH is 3. The van der Waals surface area contributed by atoms with Crippen molar-refractivity contribution in [2.45, 2.75) is 30.7 Å². The third-order valence-electron chi connectivity index (χ3n) is 3.10. The molecule has 4 N–H and O–H groups in total. The molecule has 134 valence electrons. The van der Waals surface area contributed by atoms with Crippen LogP contribution >= 0.6 is 0 Å². The molecule has 1 aromatic heterocycles. The van der Waals surface area contributed by atoms with Gasteiger partial charge >= 0.3 is 17.8 Å². The standard InChI is InChI=1S/C11H12F3N3O7/c12-11(13,14)9(21)24-16-5-1-2-17(10(22)15-5)8-7(20)6(19)4(3-18)23-8/h1-2,4,6-8,18-20H,3H2,(H,15,16,22)/t4-,6-,7-,8-/m1/s1. The van der Waals surface area contributed by atoms with Crippen LogP contribution in [-0.4, -0.2) is 61.9 Å². The van der Waals surface area contributed by atoms with Crippen molar-refractivity contribution >= 4 is 11.8 Å². The summed E-state index contributed by atoms with van der Waals surface area (Å²) in [5, 5.41) is 28.4. The number of aromatic nitrogens is 2. The first-order valence-electron chi connectivity index (χ1n) is 6.40. The first-order chi connectivity index (χ1) is 11.1. The monoisotopic (exact) mass is 355 g/mol. The fourth-order valence-corrected chi connectivity index (χ4v) is 1.93. The van der Waals surface area contributed by atoms with Crippen LogP contribution in [0.5, 0.6) is 0 Å². The van der Waals surface area contributed by atoms with Gasteiger partial charge in [-0.25, -0.2) is 9.59 Å². The Labute approximate surface area is 131 Å². The summed E-state index contributed by atoms with van der Waals surface area (Å²) in [5.74, 6) is -3.03. The second kappa shape index (κ2) is 6.72. The lowest BCUT2D eigenvalue weighted by atomic mass is 10.1. The van der Waals surface area contributed by atoms with Crippen LogP contribution in [0.25, 0.3) is 0 Å². The molecule has 0 spiro atoms. The van der Waals surface area contributed by atoms with Gasteiger partial charge in [0.05, 0.1) is 6.61 Å². The van der Waals surface area contributed by atoms with Crippen LogP contribution in [0.3, 0.4) is 0 Å². The molecule has 4 atom stereocenters. The summed E-state index contributed by atoms with van der Waals surface area (Å²) in [6.07, 6.45) is -9.70. The zero-order chi connectivity index (χ0) is 18.1. The summed E-state index contributed by atoms with van der Waals surface area (Å²) < 4.78 is 41.7. The first kappa shape index (κ1) is 18.1. The molecule has 0 bridgehead atoms. The number of carbonyl (C=O) groups is 1. The highest BCUT2D eigenvalue weighted by atomic mass is 19.4. The van der Waals surface area contributed by atoms with E-state index in [4.69, 9.17) is 9.84 Å². The number of nitrogens with zero attached hydrogens (tertiary/aromatic N) is 2. The number of hydrogen-bond acceptors (Lipinski definition) is 9. The molecule has 0 unspecified atom stereocenters. The first-order valence-corrected chi connectivity index (χ1v) is 6.40. The Bertz CT molecular complexity index is 665. The van der Waals surface area contributed by atoms with Crippen molar-refractivity contribution < 1.29 is 42.9 Å². The number of nitrogens with one attached hydrogen (secondary N) is 1. The SMILES string of the molecule is O=C(ONc1ccn([C@@H]2O[C@H](CO)[C@@H](O)[C@H]2O)c(=O)n1)C(F)(F)F. The minimum atomic E-state index is -5.22. The molecule has 1 aromatic rings. The number of aliphatic hydroxyl groups is 3. The minimum absolute atomic E-state index is 0.499. The zero-order valence-corrected chi connectivity index (χ0v) is 11.7. The van der Waals surface area contributed by atoms with E-state index in [-0.39, 0.29) is 0 Å². The molecule has 24 heavy (non-hydrogen) atoms. The van der Waals surface area contributed by atoms with E-state index >= 15 is 0 Å². The zero-order valence-electron chi connectivity index (χ0n) is 11.7. The van der Waals surface area contributed by atoms with Gasteiger partial charge in [0.25, 0.3) is 0 Å². The highest BCUT2D eigenvalue weighted by molar-refractivity contribution is 5.76. The van der Waals surface area contributed by atoms with Crippen molar-refractivity contribution in [3.05, 3.63) is 22.7 Å². The Morgan fingerprint density at radius 2 is 2.08 bits per heavy atom. The van der Waals surface area contributed by atoms with Crippen LogP contribution in [0.2, 0.25) is 0 Å². The molecular formula is C11H12F3N3O7. The van der Waals surface area contributed by atoms with E-state index in [1.807, 2.05) is 0 Å². The second-order valence-corrected chi connectivity index (χ2v) is 4.72. The number of anilines is 1. The molecule has 2 heterocycles.